The van der Waals surface area contributed by atoms with Gasteiger partial charge in [0.2, 0.25) is 0 Å². The predicted octanol–water partition coefficient (Wildman–Crippen LogP) is 14.3. The number of fused-ring (bicyclic) bond motifs is 9. The van der Waals surface area contributed by atoms with Crippen molar-refractivity contribution < 1.29 is 15.1 Å². The lowest BCUT2D eigenvalue weighted by Crippen LogP contribution is -1.93. The first-order valence-electron chi connectivity index (χ1n) is 24.2. The molecule has 0 saturated carbocycles. The third-order valence-corrected chi connectivity index (χ3v) is 10.9. The molecule has 0 unspecified atom stereocenters. The molecule has 0 fully saturated rings. The Bertz CT molecular complexity index is 3890. The molecule has 3 aromatic heterocycles. The molecule has 9 aromatic carbocycles. The van der Waals surface area contributed by atoms with Crippen molar-refractivity contribution >= 4 is 65.4 Å². The van der Waals surface area contributed by atoms with Crippen LogP contribution in [0, 0.1) is 0 Å². The van der Waals surface area contributed by atoms with Crippen molar-refractivity contribution in [2.75, 3.05) is 0 Å². The van der Waals surface area contributed by atoms with Gasteiger partial charge in [-0.2, -0.15) is 0 Å². The van der Waals surface area contributed by atoms with Gasteiger partial charge < -0.3 is 13.7 Å². The second-order valence-corrected chi connectivity index (χ2v) is 14.1. The van der Waals surface area contributed by atoms with E-state index in [-0.39, 0.29) is 57.1 Å². The van der Waals surface area contributed by atoms with E-state index in [1.54, 1.807) is 12.1 Å². The van der Waals surface area contributed by atoms with Crippen LogP contribution in [-0.2, 0) is 0 Å². The van der Waals surface area contributed by atoms with Crippen molar-refractivity contribution in [3.8, 4) is 39.3 Å². The number of hydrogen-bond acceptors (Lipinski definition) is 0. The van der Waals surface area contributed by atoms with Crippen LogP contribution in [0.5, 0.6) is 0 Å². The van der Waals surface area contributed by atoms with Crippen LogP contribution in [0.15, 0.2) is 212 Å². The highest BCUT2D eigenvalue weighted by atomic mass is 15.0. The molecule has 3 heterocycles. The van der Waals surface area contributed by atoms with Crippen LogP contribution >= 0.6 is 0 Å². The van der Waals surface area contributed by atoms with Crippen molar-refractivity contribution in [1.82, 2.24) is 13.7 Å². The molecule has 0 spiro atoms. The largest absolute Gasteiger partial charge is 0.309 e. The molecule has 0 aliphatic carbocycles. The molecule has 3 nitrogen and oxygen atoms in total. The quantitative estimate of drug-likeness (QED) is 0.167. The van der Waals surface area contributed by atoms with Gasteiger partial charge in [0.1, 0.15) is 0 Å². The van der Waals surface area contributed by atoms with Crippen molar-refractivity contribution in [2.45, 2.75) is 0 Å². The van der Waals surface area contributed by atoms with Crippen LogP contribution < -0.4 is 0 Å². The summed E-state index contributed by atoms with van der Waals surface area (Å²) in [5.74, 6) is 0. The SMILES string of the molecule is [2H]c1c([2H])c([2H])c(-n2c3c([2H])c([2H])c(-c4ccc5c(c4)c4ccccc4n5-c4ccccc4)c([2H])c3c3c([2H])c(-c4ccc5c(c4)c4ccccc4n5-c4ccccc4)c([2H])c([2H])c32)c([2H])c1[2H]. The smallest absolute Gasteiger partial charge is 0.0645 e. The average Bonchev–Trinajstić information content (AvgIpc) is 4.01. The molecule has 3 heteroatoms. The minimum absolute atomic E-state index is 0.0175. The minimum Gasteiger partial charge on any atom is -0.309 e. The van der Waals surface area contributed by atoms with E-state index in [1.165, 1.54) is 0 Å². The second kappa shape index (κ2) is 12.5. The second-order valence-electron chi connectivity index (χ2n) is 14.1. The summed E-state index contributed by atoms with van der Waals surface area (Å²) >= 11 is 0. The van der Waals surface area contributed by atoms with Crippen LogP contribution in [0.1, 0.15) is 15.1 Å². The summed E-state index contributed by atoms with van der Waals surface area (Å²) in [6, 6.07) is 41.6. The van der Waals surface area contributed by atoms with Crippen LogP contribution in [0.3, 0.4) is 0 Å². The summed E-state index contributed by atoms with van der Waals surface area (Å²) in [5, 5.41) is 3.51. The van der Waals surface area contributed by atoms with Gasteiger partial charge >= 0.3 is 0 Å². The molecule has 0 aliphatic rings. The van der Waals surface area contributed by atoms with E-state index in [0.29, 0.717) is 11.1 Å². The maximum atomic E-state index is 10.1. The molecule has 57 heavy (non-hydrogen) atoms. The van der Waals surface area contributed by atoms with E-state index in [9.17, 15) is 8.22 Å². The highest BCUT2D eigenvalue weighted by Crippen LogP contribution is 2.41. The number of nitrogens with zero attached hydrogens (tertiary/aromatic N) is 3. The summed E-state index contributed by atoms with van der Waals surface area (Å²) in [6.45, 7) is 0. The van der Waals surface area contributed by atoms with Gasteiger partial charge in [-0.05, 0) is 119 Å². The first-order chi connectivity index (χ1) is 32.9. The molecule has 0 atom stereocenters. The topological polar surface area (TPSA) is 14.8 Å². The summed E-state index contributed by atoms with van der Waals surface area (Å²) < 4.78 is 108. The Kier molecular flexibility index (Phi) is 4.96. The molecular formula is C54H35N3. The van der Waals surface area contributed by atoms with E-state index in [0.717, 1.165) is 59.6 Å². The van der Waals surface area contributed by atoms with E-state index in [1.807, 2.05) is 133 Å². The molecular weight excluding hydrogens is 691 g/mol. The maximum Gasteiger partial charge on any atom is 0.0645 e. The van der Waals surface area contributed by atoms with E-state index in [2.05, 4.69) is 9.13 Å². The fourth-order valence-corrected chi connectivity index (χ4v) is 8.44. The fourth-order valence-electron chi connectivity index (χ4n) is 8.44. The van der Waals surface area contributed by atoms with Crippen LogP contribution in [0.4, 0.5) is 0 Å². The zero-order valence-electron chi connectivity index (χ0n) is 41.2. The van der Waals surface area contributed by atoms with Crippen molar-refractivity contribution in [1.29, 1.82) is 0 Å². The Balaban J connectivity index is 1.19. The third-order valence-electron chi connectivity index (χ3n) is 10.9. The number of hydrogen-bond donors (Lipinski definition) is 0. The van der Waals surface area contributed by atoms with Crippen molar-refractivity contribution in [2.24, 2.45) is 0 Å². The van der Waals surface area contributed by atoms with Gasteiger partial charge in [0.25, 0.3) is 0 Å². The standard InChI is InChI=1S/C54H35N3/c1-4-14-40(15-5-1)55-49-22-12-10-20-43(49)45-32-36(24-28-51(45)55)38-26-30-53-47(34-38)48-35-39(27-31-54(48)57(53)42-18-8-3-9-19-42)37-25-29-52-46(33-37)44-21-11-13-23-50(44)56(52)41-16-6-2-7-17-41/h1-35H/i3D,8D,9D,18D,19D,26D,27D,30D,31D,34D,35D. The highest BCUT2D eigenvalue weighted by Gasteiger charge is 2.18. The zero-order valence-corrected chi connectivity index (χ0v) is 30.2. The molecule has 12 aromatic rings. The van der Waals surface area contributed by atoms with E-state index < -0.39 is 48.0 Å². The van der Waals surface area contributed by atoms with Gasteiger partial charge in [-0.1, -0.05) is 115 Å². The highest BCUT2D eigenvalue weighted by molar-refractivity contribution is 6.14. The average molecular weight is 737 g/mol. The molecule has 266 valence electrons. The molecule has 0 aliphatic heterocycles. The lowest BCUT2D eigenvalue weighted by atomic mass is 9.98. The number of rotatable bonds is 5. The number of para-hydroxylation sites is 5. The Labute approximate surface area is 345 Å². The minimum atomic E-state index is -0.664. The molecule has 0 bridgehead atoms. The number of benzene rings is 9. The fraction of sp³-hybridized carbons (Fsp3) is 0. The number of aromatic nitrogens is 3. The summed E-state index contributed by atoms with van der Waals surface area (Å²) in [4.78, 5) is 0. The Morgan fingerprint density at radius 1 is 0.281 bits per heavy atom. The Hall–Kier alpha value is -7.62. The Morgan fingerprint density at radius 2 is 0.702 bits per heavy atom. The Morgan fingerprint density at radius 3 is 1.19 bits per heavy atom. The lowest BCUT2D eigenvalue weighted by molar-refractivity contribution is 1.18. The van der Waals surface area contributed by atoms with Gasteiger partial charge in [0.15, 0.2) is 0 Å². The van der Waals surface area contributed by atoms with Gasteiger partial charge in [-0.3, -0.25) is 0 Å². The molecule has 0 N–H and O–H groups in total. The predicted molar refractivity (Wildman–Crippen MR) is 240 cm³/mol. The first-order valence-corrected chi connectivity index (χ1v) is 18.7. The maximum absolute atomic E-state index is 10.1. The van der Waals surface area contributed by atoms with Crippen LogP contribution in [-0.4, -0.2) is 13.7 Å². The van der Waals surface area contributed by atoms with Crippen LogP contribution in [0.2, 0.25) is 0 Å². The van der Waals surface area contributed by atoms with Crippen molar-refractivity contribution in [3.63, 3.8) is 0 Å². The molecule has 12 rings (SSSR count). The summed E-state index contributed by atoms with van der Waals surface area (Å²) in [6.07, 6.45) is 0. The lowest BCUT2D eigenvalue weighted by Gasteiger charge is -2.09. The monoisotopic (exact) mass is 736 g/mol. The van der Waals surface area contributed by atoms with Crippen molar-refractivity contribution in [3.05, 3.63) is 212 Å². The van der Waals surface area contributed by atoms with Crippen LogP contribution in [0.25, 0.3) is 105 Å². The normalized spacial score (nSPS) is 14.6. The molecule has 0 saturated heterocycles. The third kappa shape index (κ3) is 4.86. The van der Waals surface area contributed by atoms with Gasteiger partial charge in [0.05, 0.1) is 48.2 Å². The first kappa shape index (κ1) is 22.7. The molecule has 0 radical (unpaired) electrons. The summed E-state index contributed by atoms with van der Waals surface area (Å²) in [5.41, 5.74) is 5.86. The molecule has 0 amide bonds. The van der Waals surface area contributed by atoms with Gasteiger partial charge in [-0.25, -0.2) is 0 Å². The zero-order chi connectivity index (χ0) is 47.0. The van der Waals surface area contributed by atoms with E-state index >= 15 is 0 Å². The van der Waals surface area contributed by atoms with Gasteiger partial charge in [0, 0.05) is 49.4 Å². The summed E-state index contributed by atoms with van der Waals surface area (Å²) in [7, 11) is 0. The van der Waals surface area contributed by atoms with E-state index in [4.69, 9.17) is 6.85 Å². The van der Waals surface area contributed by atoms with Gasteiger partial charge in [-0.15, -0.1) is 0 Å².